The van der Waals surface area contributed by atoms with Crippen molar-refractivity contribution in [3.05, 3.63) is 0 Å². The quantitative estimate of drug-likeness (QED) is 0.474. The molecule has 2 unspecified atom stereocenters. The molecule has 30 heavy (non-hydrogen) atoms. The normalized spacial score (nSPS) is 27.1. The van der Waals surface area contributed by atoms with Crippen molar-refractivity contribution < 1.29 is 24.5 Å². The molecular weight excluding hydrogens is 382 g/mol. The van der Waals surface area contributed by atoms with Crippen molar-refractivity contribution in [1.82, 2.24) is 5.32 Å². The average Bonchev–Trinajstić information content (AvgIpc) is 2.65. The first-order valence-electron chi connectivity index (χ1n) is 11.8. The Morgan fingerprint density at radius 2 is 1.60 bits per heavy atom. The second-order valence-corrected chi connectivity index (χ2v) is 10.4. The van der Waals surface area contributed by atoms with E-state index in [2.05, 4.69) is 39.9 Å². The number of carbonyl (C=O) groups is 2. The summed E-state index contributed by atoms with van der Waals surface area (Å²) in [7, 11) is 0. The molecule has 0 aromatic heterocycles. The molecule has 0 spiro atoms. The number of rotatable bonds is 8. The van der Waals surface area contributed by atoms with Crippen LogP contribution >= 0.6 is 0 Å². The second-order valence-electron chi connectivity index (χ2n) is 10.4. The molecule has 3 N–H and O–H groups in total. The Morgan fingerprint density at radius 1 is 1.00 bits per heavy atom. The Hall–Kier alpha value is -1.14. The fourth-order valence-electron chi connectivity index (χ4n) is 4.78. The van der Waals surface area contributed by atoms with E-state index in [1.165, 1.54) is 64.3 Å². The largest absolute Gasteiger partial charge is 0.473 e. The summed E-state index contributed by atoms with van der Waals surface area (Å²) in [5.41, 5.74) is 0.0892. The van der Waals surface area contributed by atoms with Crippen LogP contribution in [-0.4, -0.2) is 46.9 Å². The van der Waals surface area contributed by atoms with Gasteiger partial charge in [-0.2, -0.15) is 0 Å². The molecule has 1 saturated heterocycles. The third kappa shape index (κ3) is 11.3. The van der Waals surface area contributed by atoms with E-state index in [9.17, 15) is 0 Å². The molecule has 1 heterocycles. The number of ether oxygens (including phenoxy) is 1. The molecule has 1 saturated carbocycles. The first-order chi connectivity index (χ1) is 14.0. The predicted molar refractivity (Wildman–Crippen MR) is 120 cm³/mol. The number of nitrogens with one attached hydrogen (secondary N) is 1. The van der Waals surface area contributed by atoms with Crippen LogP contribution in [0.1, 0.15) is 92.4 Å². The predicted octanol–water partition coefficient (Wildman–Crippen LogP) is 4.96. The lowest BCUT2D eigenvalue weighted by Crippen LogP contribution is -2.38. The molecule has 2 atom stereocenters. The van der Waals surface area contributed by atoms with E-state index in [1.807, 2.05) is 0 Å². The van der Waals surface area contributed by atoms with Crippen LogP contribution in [0.15, 0.2) is 0 Å². The summed E-state index contributed by atoms with van der Waals surface area (Å²) in [5.74, 6) is -0.129. The topological polar surface area (TPSA) is 95.9 Å². The van der Waals surface area contributed by atoms with Crippen LogP contribution in [0.2, 0.25) is 0 Å². The molecule has 0 radical (unpaired) electrons. The highest BCUT2D eigenvalue weighted by atomic mass is 16.5. The summed E-state index contributed by atoms with van der Waals surface area (Å²) >= 11 is 0. The van der Waals surface area contributed by atoms with Gasteiger partial charge in [0.1, 0.15) is 0 Å². The first-order valence-corrected chi connectivity index (χ1v) is 11.8. The zero-order chi connectivity index (χ0) is 22.7. The second kappa shape index (κ2) is 13.3. The molecule has 1 aliphatic heterocycles. The van der Waals surface area contributed by atoms with Gasteiger partial charge < -0.3 is 20.3 Å². The van der Waals surface area contributed by atoms with Crippen LogP contribution in [0.4, 0.5) is 0 Å². The Morgan fingerprint density at radius 3 is 2.10 bits per heavy atom. The van der Waals surface area contributed by atoms with Crippen molar-refractivity contribution in [3.8, 4) is 0 Å². The van der Waals surface area contributed by atoms with Gasteiger partial charge in [-0.05, 0) is 95.4 Å². The van der Waals surface area contributed by atoms with Crippen LogP contribution in [0.5, 0.6) is 0 Å². The summed E-state index contributed by atoms with van der Waals surface area (Å²) in [6.07, 6.45) is 12.3. The van der Waals surface area contributed by atoms with Gasteiger partial charge in [-0.3, -0.25) is 0 Å². The molecule has 0 amide bonds. The highest BCUT2D eigenvalue weighted by molar-refractivity contribution is 6.27. The highest BCUT2D eigenvalue weighted by Crippen LogP contribution is 2.37. The zero-order valence-corrected chi connectivity index (χ0v) is 19.8. The number of hydrogen-bond donors (Lipinski definition) is 3. The van der Waals surface area contributed by atoms with Crippen molar-refractivity contribution in [2.24, 2.45) is 23.7 Å². The van der Waals surface area contributed by atoms with Gasteiger partial charge >= 0.3 is 11.9 Å². The van der Waals surface area contributed by atoms with Crippen LogP contribution in [0.3, 0.4) is 0 Å². The summed E-state index contributed by atoms with van der Waals surface area (Å²) in [6, 6.07) is 0.790. The minimum Gasteiger partial charge on any atom is -0.473 e. The summed E-state index contributed by atoms with van der Waals surface area (Å²) in [6.45, 7) is 13.9. The van der Waals surface area contributed by atoms with E-state index >= 15 is 0 Å². The standard InChI is InChI=1S/C22H43NO.C2H2O4/c1-17(2)6-9-19(20-13-15-24-22(4,5)16-20)12-14-23-21-10-7-18(3)8-11-21;3-1(4)2(5)6/h17-21,23H,6-16H2,1-5H3;(H,3,4)(H,5,6). The van der Waals surface area contributed by atoms with Gasteiger partial charge in [0.15, 0.2) is 0 Å². The SMILES string of the molecule is CC(C)CCC(CCNC1CCC(C)CC1)C1CCOC(C)(C)C1.O=C(O)C(=O)O. The summed E-state index contributed by atoms with van der Waals surface area (Å²) in [4.78, 5) is 18.2. The Labute approximate surface area is 183 Å². The molecule has 6 nitrogen and oxygen atoms in total. The molecule has 2 aliphatic rings. The molecule has 0 aromatic rings. The van der Waals surface area contributed by atoms with Gasteiger partial charge in [0.25, 0.3) is 0 Å². The lowest BCUT2D eigenvalue weighted by molar-refractivity contribution is -0.159. The van der Waals surface area contributed by atoms with Crippen LogP contribution < -0.4 is 5.32 Å². The van der Waals surface area contributed by atoms with Gasteiger partial charge in [-0.1, -0.05) is 27.2 Å². The van der Waals surface area contributed by atoms with Crippen molar-refractivity contribution in [2.75, 3.05) is 13.2 Å². The van der Waals surface area contributed by atoms with Crippen molar-refractivity contribution in [1.29, 1.82) is 0 Å². The number of hydrogen-bond acceptors (Lipinski definition) is 4. The third-order valence-electron chi connectivity index (χ3n) is 6.66. The molecule has 2 rings (SSSR count). The van der Waals surface area contributed by atoms with E-state index < -0.39 is 11.9 Å². The third-order valence-corrected chi connectivity index (χ3v) is 6.66. The summed E-state index contributed by atoms with van der Waals surface area (Å²) < 4.78 is 5.97. The highest BCUT2D eigenvalue weighted by Gasteiger charge is 2.33. The van der Waals surface area contributed by atoms with E-state index in [0.29, 0.717) is 0 Å². The van der Waals surface area contributed by atoms with Crippen LogP contribution in [0, 0.1) is 23.7 Å². The van der Waals surface area contributed by atoms with E-state index in [1.54, 1.807) is 0 Å². The minimum absolute atomic E-state index is 0.0892. The molecule has 0 bridgehead atoms. The first kappa shape index (κ1) is 26.9. The van der Waals surface area contributed by atoms with Crippen molar-refractivity contribution in [2.45, 2.75) is 104 Å². The molecule has 2 fully saturated rings. The number of carboxylic acids is 2. The summed E-state index contributed by atoms with van der Waals surface area (Å²) in [5, 5.41) is 18.7. The van der Waals surface area contributed by atoms with Gasteiger partial charge in [0.2, 0.25) is 0 Å². The van der Waals surface area contributed by atoms with E-state index in [0.717, 1.165) is 36.3 Å². The molecule has 6 heteroatoms. The molecule has 1 aliphatic carbocycles. The molecule has 176 valence electrons. The minimum atomic E-state index is -1.82. The van der Waals surface area contributed by atoms with Crippen molar-refractivity contribution in [3.63, 3.8) is 0 Å². The Kier molecular flexibility index (Phi) is 11.9. The maximum atomic E-state index is 9.10. The lowest BCUT2D eigenvalue weighted by Gasteiger charge is -2.40. The van der Waals surface area contributed by atoms with Crippen LogP contribution in [-0.2, 0) is 14.3 Å². The Bertz CT molecular complexity index is 500. The smallest absolute Gasteiger partial charge is 0.414 e. The molecule has 0 aromatic carbocycles. The van der Waals surface area contributed by atoms with Gasteiger partial charge in [-0.25, -0.2) is 9.59 Å². The lowest BCUT2D eigenvalue weighted by atomic mass is 9.75. The Balaban J connectivity index is 0.000000656. The fourth-order valence-corrected chi connectivity index (χ4v) is 4.78. The fraction of sp³-hybridized carbons (Fsp3) is 0.917. The number of aliphatic carboxylic acids is 2. The van der Waals surface area contributed by atoms with Gasteiger partial charge in [0, 0.05) is 12.6 Å². The maximum absolute atomic E-state index is 9.10. The maximum Gasteiger partial charge on any atom is 0.414 e. The van der Waals surface area contributed by atoms with Gasteiger partial charge in [-0.15, -0.1) is 0 Å². The van der Waals surface area contributed by atoms with Crippen LogP contribution in [0.25, 0.3) is 0 Å². The monoisotopic (exact) mass is 427 g/mol. The molecular formula is C24H45NO5. The van der Waals surface area contributed by atoms with E-state index in [-0.39, 0.29) is 5.60 Å². The van der Waals surface area contributed by atoms with Gasteiger partial charge in [0.05, 0.1) is 5.60 Å². The number of carboxylic acid groups (broad SMARTS) is 2. The van der Waals surface area contributed by atoms with E-state index in [4.69, 9.17) is 24.5 Å². The zero-order valence-electron chi connectivity index (χ0n) is 19.8. The van der Waals surface area contributed by atoms with Crippen molar-refractivity contribution >= 4 is 11.9 Å². The average molecular weight is 428 g/mol.